The number of nitrogens with one attached hydrogen (secondary N) is 1. The molecule has 2 rings (SSSR count). The van der Waals surface area contributed by atoms with Crippen LogP contribution in [-0.4, -0.2) is 60.8 Å². The monoisotopic (exact) mass is 300 g/mol. The predicted octanol–water partition coefficient (Wildman–Crippen LogP) is 1.74. The first kappa shape index (κ1) is 16.5. The molecule has 0 aromatic heterocycles. The van der Waals surface area contributed by atoms with E-state index in [1.54, 1.807) is 4.90 Å². The van der Waals surface area contributed by atoms with Crippen molar-refractivity contribution in [3.63, 3.8) is 0 Å². The van der Waals surface area contributed by atoms with Crippen molar-refractivity contribution in [2.45, 2.75) is 64.5 Å². The molecule has 122 valence electrons. The van der Waals surface area contributed by atoms with E-state index >= 15 is 0 Å². The van der Waals surface area contributed by atoms with Crippen molar-refractivity contribution >= 4 is 6.09 Å². The Hall–Kier alpha value is -0.850. The molecule has 2 fully saturated rings. The van der Waals surface area contributed by atoms with Crippen LogP contribution in [0.2, 0.25) is 0 Å². The van der Waals surface area contributed by atoms with Crippen LogP contribution in [0.4, 0.5) is 4.79 Å². The maximum absolute atomic E-state index is 12.0. The molecule has 1 atom stereocenters. The fraction of sp³-hybridized carbons (Fsp3) is 0.933. The van der Waals surface area contributed by atoms with E-state index < -0.39 is 11.4 Å². The zero-order valence-corrected chi connectivity index (χ0v) is 13.8. The summed E-state index contributed by atoms with van der Waals surface area (Å²) in [6.07, 6.45) is 0.697. The van der Waals surface area contributed by atoms with Crippen LogP contribution < -0.4 is 5.32 Å². The Bertz CT molecular complexity index is 368. The molecule has 0 spiro atoms. The van der Waals surface area contributed by atoms with Crippen molar-refractivity contribution in [3.8, 4) is 0 Å². The Morgan fingerprint density at radius 2 is 1.86 bits per heavy atom. The van der Waals surface area contributed by atoms with Gasteiger partial charge in [0.1, 0.15) is 5.60 Å². The van der Waals surface area contributed by atoms with Crippen LogP contribution in [0.1, 0.15) is 41.0 Å². The van der Waals surface area contributed by atoms with Gasteiger partial charge >= 0.3 is 6.09 Å². The van der Waals surface area contributed by atoms with Gasteiger partial charge in [0.05, 0.1) is 19.3 Å². The first-order chi connectivity index (χ1) is 9.65. The van der Waals surface area contributed by atoms with Crippen LogP contribution in [0.5, 0.6) is 0 Å². The summed E-state index contributed by atoms with van der Waals surface area (Å²) in [5.41, 5.74) is -0.445. The number of hydrogen-bond acceptors (Lipinski definition) is 5. The van der Waals surface area contributed by atoms with E-state index in [-0.39, 0.29) is 18.2 Å². The third kappa shape index (κ3) is 5.13. The standard InChI is InChI=1S/C15H28N2O4/c1-14(2,3)21-13(18)17-7-6-11(8-17)16-12-9-19-15(4,5)20-10-12/h11-12,16H,6-10H2,1-5H3. The smallest absolute Gasteiger partial charge is 0.410 e. The van der Waals surface area contributed by atoms with Crippen LogP contribution in [0, 0.1) is 0 Å². The molecule has 0 radical (unpaired) electrons. The highest BCUT2D eigenvalue weighted by atomic mass is 16.7. The number of carbonyl (C=O) groups excluding carboxylic acids is 1. The molecule has 2 saturated heterocycles. The Balaban J connectivity index is 1.74. The number of rotatable bonds is 2. The Labute approximate surface area is 127 Å². The van der Waals surface area contributed by atoms with Crippen LogP contribution in [0.15, 0.2) is 0 Å². The highest BCUT2D eigenvalue weighted by Gasteiger charge is 2.33. The molecule has 6 nitrogen and oxygen atoms in total. The first-order valence-corrected chi connectivity index (χ1v) is 7.66. The van der Waals surface area contributed by atoms with Gasteiger partial charge in [0.15, 0.2) is 5.79 Å². The second-order valence-corrected chi connectivity index (χ2v) is 7.30. The summed E-state index contributed by atoms with van der Waals surface area (Å²) in [7, 11) is 0. The quantitative estimate of drug-likeness (QED) is 0.841. The van der Waals surface area contributed by atoms with E-state index in [4.69, 9.17) is 14.2 Å². The number of carbonyl (C=O) groups is 1. The third-order valence-corrected chi connectivity index (χ3v) is 3.58. The maximum Gasteiger partial charge on any atom is 0.410 e. The van der Waals surface area contributed by atoms with Crippen LogP contribution in [0.3, 0.4) is 0 Å². The third-order valence-electron chi connectivity index (χ3n) is 3.58. The van der Waals surface area contributed by atoms with Gasteiger partial charge in [-0.3, -0.25) is 0 Å². The molecular weight excluding hydrogens is 272 g/mol. The Morgan fingerprint density at radius 3 is 2.43 bits per heavy atom. The largest absolute Gasteiger partial charge is 0.444 e. The van der Waals surface area contributed by atoms with Gasteiger partial charge in [-0.05, 0) is 41.0 Å². The molecular formula is C15H28N2O4. The van der Waals surface area contributed by atoms with Gasteiger partial charge in [-0.15, -0.1) is 0 Å². The number of ether oxygens (including phenoxy) is 3. The molecule has 0 aliphatic carbocycles. The van der Waals surface area contributed by atoms with E-state index in [0.29, 0.717) is 19.8 Å². The lowest BCUT2D eigenvalue weighted by molar-refractivity contribution is -0.253. The van der Waals surface area contributed by atoms with Crippen molar-refractivity contribution in [1.82, 2.24) is 10.2 Å². The van der Waals surface area contributed by atoms with E-state index in [1.165, 1.54) is 0 Å². The van der Waals surface area contributed by atoms with E-state index in [1.807, 2.05) is 34.6 Å². The molecule has 6 heteroatoms. The van der Waals surface area contributed by atoms with Crippen molar-refractivity contribution < 1.29 is 19.0 Å². The van der Waals surface area contributed by atoms with E-state index in [2.05, 4.69) is 5.32 Å². The van der Waals surface area contributed by atoms with Crippen molar-refractivity contribution in [2.75, 3.05) is 26.3 Å². The van der Waals surface area contributed by atoms with Gasteiger partial charge in [-0.2, -0.15) is 0 Å². The minimum Gasteiger partial charge on any atom is -0.444 e. The molecule has 0 saturated carbocycles. The highest BCUT2D eigenvalue weighted by Crippen LogP contribution is 2.19. The van der Waals surface area contributed by atoms with Gasteiger partial charge in [0.2, 0.25) is 0 Å². The summed E-state index contributed by atoms with van der Waals surface area (Å²) >= 11 is 0. The zero-order valence-electron chi connectivity index (χ0n) is 13.8. The molecule has 1 amide bonds. The SMILES string of the molecule is CC(C)(C)OC(=O)N1CCC(NC2COC(C)(C)OC2)C1. The second kappa shape index (κ2) is 6.10. The lowest BCUT2D eigenvalue weighted by Crippen LogP contribution is -2.52. The van der Waals surface area contributed by atoms with Gasteiger partial charge in [-0.25, -0.2) is 4.79 Å². The molecule has 1 unspecified atom stereocenters. The Morgan fingerprint density at radius 1 is 1.24 bits per heavy atom. The summed E-state index contributed by atoms with van der Waals surface area (Å²) in [5.74, 6) is -0.490. The molecule has 0 aromatic carbocycles. The summed E-state index contributed by atoms with van der Waals surface area (Å²) < 4.78 is 16.7. The molecule has 21 heavy (non-hydrogen) atoms. The van der Waals surface area contributed by atoms with Gasteiger partial charge in [-0.1, -0.05) is 0 Å². The fourth-order valence-corrected chi connectivity index (χ4v) is 2.51. The second-order valence-electron chi connectivity index (χ2n) is 7.30. The lowest BCUT2D eigenvalue weighted by atomic mass is 10.2. The minimum atomic E-state index is -0.490. The molecule has 2 aliphatic heterocycles. The van der Waals surface area contributed by atoms with Crippen LogP contribution in [-0.2, 0) is 14.2 Å². The van der Waals surface area contributed by atoms with E-state index in [9.17, 15) is 4.79 Å². The number of likely N-dealkylation sites (tertiary alicyclic amines) is 1. The summed E-state index contributed by atoms with van der Waals surface area (Å²) in [5, 5.41) is 3.50. The summed E-state index contributed by atoms with van der Waals surface area (Å²) in [4.78, 5) is 13.8. The van der Waals surface area contributed by atoms with Crippen molar-refractivity contribution in [1.29, 1.82) is 0 Å². The fourth-order valence-electron chi connectivity index (χ4n) is 2.51. The van der Waals surface area contributed by atoms with Gasteiger partial charge in [0.25, 0.3) is 0 Å². The van der Waals surface area contributed by atoms with Crippen molar-refractivity contribution in [3.05, 3.63) is 0 Å². The summed E-state index contributed by atoms with van der Waals surface area (Å²) in [6, 6.07) is 0.456. The van der Waals surface area contributed by atoms with Crippen LogP contribution >= 0.6 is 0 Å². The minimum absolute atomic E-state index is 0.182. The first-order valence-electron chi connectivity index (χ1n) is 7.66. The van der Waals surface area contributed by atoms with Gasteiger partial charge < -0.3 is 24.4 Å². The normalized spacial score (nSPS) is 26.9. The molecule has 0 aromatic rings. The predicted molar refractivity (Wildman–Crippen MR) is 79.1 cm³/mol. The lowest BCUT2D eigenvalue weighted by Gasteiger charge is -2.36. The molecule has 2 heterocycles. The summed E-state index contributed by atoms with van der Waals surface area (Å²) in [6.45, 7) is 12.2. The average molecular weight is 300 g/mol. The Kier molecular flexibility index (Phi) is 4.80. The number of nitrogens with zero attached hydrogens (tertiary/aromatic N) is 1. The molecule has 1 N–H and O–H groups in total. The number of hydrogen-bond donors (Lipinski definition) is 1. The average Bonchev–Trinajstić information content (AvgIpc) is 2.78. The van der Waals surface area contributed by atoms with Gasteiger partial charge in [0, 0.05) is 19.1 Å². The number of amides is 1. The zero-order chi connectivity index (χ0) is 15.7. The van der Waals surface area contributed by atoms with E-state index in [0.717, 1.165) is 13.0 Å². The van der Waals surface area contributed by atoms with Crippen LogP contribution in [0.25, 0.3) is 0 Å². The maximum atomic E-state index is 12.0. The van der Waals surface area contributed by atoms with Crippen molar-refractivity contribution in [2.24, 2.45) is 0 Å². The molecule has 0 bridgehead atoms. The molecule has 2 aliphatic rings. The highest BCUT2D eigenvalue weighted by molar-refractivity contribution is 5.68. The topological polar surface area (TPSA) is 60.0 Å².